The number of aliphatic carboxylic acids is 1. The first-order valence-corrected chi connectivity index (χ1v) is 6.07. The molecule has 0 saturated heterocycles. The normalized spacial score (nSPS) is 12.1. The number of carbonyl (C=O) groups is 1. The molecule has 0 bridgehead atoms. The minimum atomic E-state index is -0.816. The van der Waals surface area contributed by atoms with Crippen molar-refractivity contribution in [2.24, 2.45) is 0 Å². The topological polar surface area (TPSA) is 37.3 Å². The minimum absolute atomic E-state index is 0.0599. The maximum Gasteiger partial charge on any atom is 0.304 e. The standard InChI is InChI=1S/C15H13ClO2/c16-13-8-4-7-12(9-13)14(10-15(17)18)11-5-2-1-3-6-11/h1-9,14H,10H2,(H,17,18). The second-order valence-corrected chi connectivity index (χ2v) is 4.55. The van der Waals surface area contributed by atoms with Crippen LogP contribution in [0.1, 0.15) is 23.5 Å². The highest BCUT2D eigenvalue weighted by atomic mass is 35.5. The first-order valence-electron chi connectivity index (χ1n) is 5.69. The molecule has 2 aromatic rings. The van der Waals surface area contributed by atoms with Crippen LogP contribution in [0.25, 0.3) is 0 Å². The largest absolute Gasteiger partial charge is 0.481 e. The molecule has 0 radical (unpaired) electrons. The van der Waals surface area contributed by atoms with Gasteiger partial charge in [0.15, 0.2) is 0 Å². The third kappa shape index (κ3) is 3.11. The number of halogens is 1. The molecular weight excluding hydrogens is 248 g/mol. The summed E-state index contributed by atoms with van der Waals surface area (Å²) < 4.78 is 0. The predicted octanol–water partition coefficient (Wildman–Crippen LogP) is 3.95. The maximum atomic E-state index is 11.0. The van der Waals surface area contributed by atoms with Crippen LogP contribution in [0.5, 0.6) is 0 Å². The van der Waals surface area contributed by atoms with Crippen molar-refractivity contribution in [3.8, 4) is 0 Å². The second-order valence-electron chi connectivity index (χ2n) is 4.12. The fourth-order valence-electron chi connectivity index (χ4n) is 2.01. The van der Waals surface area contributed by atoms with Crippen LogP contribution in [0.3, 0.4) is 0 Å². The van der Waals surface area contributed by atoms with Gasteiger partial charge in [-0.1, -0.05) is 54.1 Å². The zero-order valence-electron chi connectivity index (χ0n) is 9.71. The molecule has 2 nitrogen and oxygen atoms in total. The highest BCUT2D eigenvalue weighted by Gasteiger charge is 2.17. The molecule has 18 heavy (non-hydrogen) atoms. The van der Waals surface area contributed by atoms with E-state index in [2.05, 4.69) is 0 Å². The van der Waals surface area contributed by atoms with Gasteiger partial charge in [-0.15, -0.1) is 0 Å². The molecule has 0 fully saturated rings. The van der Waals surface area contributed by atoms with E-state index in [1.807, 2.05) is 48.5 Å². The Morgan fingerprint density at radius 2 is 1.72 bits per heavy atom. The van der Waals surface area contributed by atoms with Crippen molar-refractivity contribution in [1.29, 1.82) is 0 Å². The van der Waals surface area contributed by atoms with E-state index in [9.17, 15) is 4.79 Å². The van der Waals surface area contributed by atoms with E-state index >= 15 is 0 Å². The summed E-state index contributed by atoms with van der Waals surface area (Å²) in [7, 11) is 0. The first-order chi connectivity index (χ1) is 8.66. The van der Waals surface area contributed by atoms with E-state index < -0.39 is 5.97 Å². The van der Waals surface area contributed by atoms with E-state index in [1.54, 1.807) is 6.07 Å². The summed E-state index contributed by atoms with van der Waals surface area (Å²) in [6, 6.07) is 17.0. The van der Waals surface area contributed by atoms with Crippen LogP contribution < -0.4 is 0 Å². The molecule has 0 heterocycles. The molecule has 0 aliphatic carbocycles. The zero-order valence-corrected chi connectivity index (χ0v) is 10.5. The number of hydrogen-bond acceptors (Lipinski definition) is 1. The fourth-order valence-corrected chi connectivity index (χ4v) is 2.21. The van der Waals surface area contributed by atoms with Crippen molar-refractivity contribution >= 4 is 17.6 Å². The Balaban J connectivity index is 2.40. The van der Waals surface area contributed by atoms with E-state index in [1.165, 1.54) is 0 Å². The van der Waals surface area contributed by atoms with Crippen molar-refractivity contribution in [1.82, 2.24) is 0 Å². The number of hydrogen-bond donors (Lipinski definition) is 1. The third-order valence-electron chi connectivity index (χ3n) is 2.83. The summed E-state index contributed by atoms with van der Waals surface area (Å²) in [6.45, 7) is 0. The molecule has 2 aromatic carbocycles. The van der Waals surface area contributed by atoms with Gasteiger partial charge in [-0.3, -0.25) is 4.79 Å². The van der Waals surface area contributed by atoms with Gasteiger partial charge in [0.05, 0.1) is 6.42 Å². The lowest BCUT2D eigenvalue weighted by atomic mass is 9.89. The van der Waals surface area contributed by atoms with E-state index in [0.717, 1.165) is 11.1 Å². The summed E-state index contributed by atoms with van der Waals surface area (Å²) in [4.78, 5) is 11.0. The molecule has 1 atom stereocenters. The third-order valence-corrected chi connectivity index (χ3v) is 3.07. The Labute approximate surface area is 111 Å². The molecule has 0 aliphatic heterocycles. The molecule has 1 N–H and O–H groups in total. The number of benzene rings is 2. The molecule has 0 spiro atoms. The van der Waals surface area contributed by atoms with Gasteiger partial charge in [0, 0.05) is 10.9 Å². The molecule has 2 rings (SSSR count). The molecule has 0 aromatic heterocycles. The average Bonchev–Trinajstić information content (AvgIpc) is 2.37. The van der Waals surface area contributed by atoms with Crippen molar-refractivity contribution in [3.63, 3.8) is 0 Å². The second kappa shape index (κ2) is 5.69. The van der Waals surface area contributed by atoms with Gasteiger partial charge in [0.25, 0.3) is 0 Å². The molecule has 0 aliphatic rings. The van der Waals surface area contributed by atoms with Gasteiger partial charge in [-0.05, 0) is 23.3 Å². The van der Waals surface area contributed by atoms with Gasteiger partial charge in [0.2, 0.25) is 0 Å². The molecule has 0 saturated carbocycles. The number of carboxylic acid groups (broad SMARTS) is 1. The Bertz CT molecular complexity index is 537. The average molecular weight is 261 g/mol. The number of carboxylic acids is 1. The number of rotatable bonds is 4. The van der Waals surface area contributed by atoms with Gasteiger partial charge < -0.3 is 5.11 Å². The SMILES string of the molecule is O=C(O)CC(c1ccccc1)c1cccc(Cl)c1. The lowest BCUT2D eigenvalue weighted by Gasteiger charge is -2.16. The monoisotopic (exact) mass is 260 g/mol. The van der Waals surface area contributed by atoms with Crippen LogP contribution in [-0.4, -0.2) is 11.1 Å². The molecule has 92 valence electrons. The summed E-state index contributed by atoms with van der Waals surface area (Å²) in [5, 5.41) is 9.67. The van der Waals surface area contributed by atoms with Gasteiger partial charge >= 0.3 is 5.97 Å². The zero-order chi connectivity index (χ0) is 13.0. The molecule has 3 heteroatoms. The van der Waals surface area contributed by atoms with Crippen LogP contribution in [0, 0.1) is 0 Å². The summed E-state index contributed by atoms with van der Waals surface area (Å²) in [5.41, 5.74) is 1.92. The van der Waals surface area contributed by atoms with Gasteiger partial charge in [0.1, 0.15) is 0 Å². The van der Waals surface area contributed by atoms with Crippen molar-refractivity contribution in [2.45, 2.75) is 12.3 Å². The summed E-state index contributed by atoms with van der Waals surface area (Å²) in [5.74, 6) is -0.980. The van der Waals surface area contributed by atoms with E-state index in [-0.39, 0.29) is 12.3 Å². The lowest BCUT2D eigenvalue weighted by Crippen LogP contribution is -2.07. The summed E-state index contributed by atoms with van der Waals surface area (Å²) in [6.07, 6.45) is 0.0599. The van der Waals surface area contributed by atoms with Crippen molar-refractivity contribution in [3.05, 3.63) is 70.7 Å². The molecule has 1 unspecified atom stereocenters. The van der Waals surface area contributed by atoms with Crippen LogP contribution in [0.15, 0.2) is 54.6 Å². The maximum absolute atomic E-state index is 11.0. The Morgan fingerprint density at radius 3 is 2.33 bits per heavy atom. The Kier molecular flexibility index (Phi) is 4.00. The van der Waals surface area contributed by atoms with E-state index in [0.29, 0.717) is 5.02 Å². The van der Waals surface area contributed by atoms with E-state index in [4.69, 9.17) is 16.7 Å². The first kappa shape index (κ1) is 12.7. The highest BCUT2D eigenvalue weighted by molar-refractivity contribution is 6.30. The smallest absolute Gasteiger partial charge is 0.304 e. The van der Waals surface area contributed by atoms with Crippen LogP contribution in [-0.2, 0) is 4.79 Å². The molecule has 0 amide bonds. The summed E-state index contributed by atoms with van der Waals surface area (Å²) >= 11 is 5.97. The fraction of sp³-hybridized carbons (Fsp3) is 0.133. The van der Waals surface area contributed by atoms with Crippen molar-refractivity contribution < 1.29 is 9.90 Å². The van der Waals surface area contributed by atoms with Crippen LogP contribution in [0.4, 0.5) is 0 Å². The highest BCUT2D eigenvalue weighted by Crippen LogP contribution is 2.29. The Hall–Kier alpha value is -1.80. The predicted molar refractivity (Wildman–Crippen MR) is 72.0 cm³/mol. The van der Waals surface area contributed by atoms with Crippen LogP contribution in [0.2, 0.25) is 5.02 Å². The minimum Gasteiger partial charge on any atom is -0.481 e. The quantitative estimate of drug-likeness (QED) is 0.904. The van der Waals surface area contributed by atoms with Gasteiger partial charge in [-0.2, -0.15) is 0 Å². The van der Waals surface area contributed by atoms with Crippen molar-refractivity contribution in [2.75, 3.05) is 0 Å². The lowest BCUT2D eigenvalue weighted by molar-refractivity contribution is -0.137. The molecular formula is C15H13ClO2. The van der Waals surface area contributed by atoms with Crippen LogP contribution >= 0.6 is 11.6 Å². The Morgan fingerprint density at radius 1 is 1.06 bits per heavy atom. The van der Waals surface area contributed by atoms with Gasteiger partial charge in [-0.25, -0.2) is 0 Å².